The molecule has 154 valence electrons. The van der Waals surface area contributed by atoms with Crippen LogP contribution in [0.15, 0.2) is 36.4 Å². The summed E-state index contributed by atoms with van der Waals surface area (Å²) in [6.45, 7) is 8.17. The Balaban J connectivity index is 1.87. The summed E-state index contributed by atoms with van der Waals surface area (Å²) in [5.41, 5.74) is -0.468. The molecule has 0 heterocycles. The molecule has 6 atom stereocenters. The fourth-order valence-electron chi connectivity index (χ4n) is 5.54. The molecule has 0 unspecified atom stereocenters. The number of aliphatic hydroxyl groups is 2. The van der Waals surface area contributed by atoms with E-state index >= 15 is 0 Å². The summed E-state index contributed by atoms with van der Waals surface area (Å²) in [5.74, 6) is -0.169. The van der Waals surface area contributed by atoms with Crippen LogP contribution in [0, 0.1) is 23.2 Å². The molecule has 2 N–H and O–H groups in total. The van der Waals surface area contributed by atoms with Crippen LogP contribution in [-0.4, -0.2) is 34.0 Å². The van der Waals surface area contributed by atoms with Gasteiger partial charge in [-0.1, -0.05) is 51.1 Å². The van der Waals surface area contributed by atoms with Crippen LogP contribution in [0.5, 0.6) is 0 Å². The minimum atomic E-state index is -0.963. The molecular weight excluding hydrogens is 352 g/mol. The molecular formula is C24H34O4. The number of hydrogen-bond acceptors (Lipinski definition) is 4. The monoisotopic (exact) mass is 386 g/mol. The minimum Gasteiger partial charge on any atom is -0.458 e. The van der Waals surface area contributed by atoms with Gasteiger partial charge in [-0.3, -0.25) is 0 Å². The van der Waals surface area contributed by atoms with E-state index < -0.39 is 23.2 Å². The van der Waals surface area contributed by atoms with E-state index in [1.165, 1.54) is 6.08 Å². The van der Waals surface area contributed by atoms with Gasteiger partial charge < -0.3 is 14.9 Å². The van der Waals surface area contributed by atoms with Gasteiger partial charge in [0.05, 0.1) is 11.7 Å². The zero-order valence-electron chi connectivity index (χ0n) is 17.5. The quantitative estimate of drug-likeness (QED) is 0.601. The molecule has 4 heteroatoms. The fourth-order valence-corrected chi connectivity index (χ4v) is 5.54. The highest BCUT2D eigenvalue weighted by Gasteiger charge is 2.60. The van der Waals surface area contributed by atoms with Crippen molar-refractivity contribution < 1.29 is 19.7 Å². The van der Waals surface area contributed by atoms with E-state index in [1.807, 2.05) is 44.2 Å². The number of carbonyl (C=O) groups is 1. The van der Waals surface area contributed by atoms with Gasteiger partial charge in [0.15, 0.2) is 0 Å². The maximum absolute atomic E-state index is 12.7. The average molecular weight is 387 g/mol. The standard InChI is InChI=1S/C24H34O4/c1-16(2)18-12-14-23(3)19(25)13-15-24(4,27)22(23)21(18)28-20(26)11-10-17-8-6-5-7-9-17/h5-11,16,18-19,21-22,25,27H,12-15H2,1-4H3/b11-10+/t18-,19+,21+,22+,23-,24-/m0/s1. The number of benzene rings is 1. The Morgan fingerprint density at radius 2 is 1.86 bits per heavy atom. The predicted octanol–water partition coefficient (Wildman–Crippen LogP) is 4.21. The summed E-state index contributed by atoms with van der Waals surface area (Å²) in [6.07, 6.45) is 5.16. The molecule has 2 saturated carbocycles. The van der Waals surface area contributed by atoms with Gasteiger partial charge in [0.1, 0.15) is 6.10 Å². The second-order valence-electron chi connectivity index (χ2n) is 9.49. The van der Waals surface area contributed by atoms with Crippen LogP contribution in [0.4, 0.5) is 0 Å². The van der Waals surface area contributed by atoms with Crippen molar-refractivity contribution in [1.29, 1.82) is 0 Å². The first-order valence-electron chi connectivity index (χ1n) is 10.5. The second kappa shape index (κ2) is 8.00. The SMILES string of the molecule is CC(C)[C@@H]1CC[C@@]2(C)[C@H](O)CC[C@](C)(O)[C@@H]2[C@@H]1OC(=O)/C=C/c1ccccc1. The third-order valence-corrected chi connectivity index (χ3v) is 7.15. The summed E-state index contributed by atoms with van der Waals surface area (Å²) in [4.78, 5) is 12.7. The molecule has 0 radical (unpaired) electrons. The number of aliphatic hydroxyl groups excluding tert-OH is 1. The highest BCUT2D eigenvalue weighted by molar-refractivity contribution is 5.87. The number of fused-ring (bicyclic) bond motifs is 1. The van der Waals surface area contributed by atoms with Crippen LogP contribution >= 0.6 is 0 Å². The van der Waals surface area contributed by atoms with Gasteiger partial charge in [-0.15, -0.1) is 0 Å². The topological polar surface area (TPSA) is 66.8 Å². The normalized spacial score (nSPS) is 38.4. The van der Waals surface area contributed by atoms with Gasteiger partial charge in [0.2, 0.25) is 0 Å². The Bertz CT molecular complexity index is 709. The highest BCUT2D eigenvalue weighted by atomic mass is 16.5. The van der Waals surface area contributed by atoms with E-state index in [-0.39, 0.29) is 17.8 Å². The molecule has 0 bridgehead atoms. The van der Waals surface area contributed by atoms with Gasteiger partial charge in [-0.2, -0.15) is 0 Å². The largest absolute Gasteiger partial charge is 0.458 e. The molecule has 2 fully saturated rings. The van der Waals surface area contributed by atoms with Crippen LogP contribution in [0.1, 0.15) is 58.9 Å². The van der Waals surface area contributed by atoms with Crippen molar-refractivity contribution in [2.45, 2.75) is 71.2 Å². The summed E-state index contributed by atoms with van der Waals surface area (Å²) in [6, 6.07) is 9.64. The maximum Gasteiger partial charge on any atom is 0.331 e. The molecule has 28 heavy (non-hydrogen) atoms. The molecule has 1 aromatic rings. The maximum atomic E-state index is 12.7. The van der Waals surface area contributed by atoms with Crippen LogP contribution in [-0.2, 0) is 9.53 Å². The van der Waals surface area contributed by atoms with Crippen LogP contribution in [0.25, 0.3) is 6.08 Å². The van der Waals surface area contributed by atoms with E-state index in [0.29, 0.717) is 18.8 Å². The molecule has 0 saturated heterocycles. The number of rotatable bonds is 4. The van der Waals surface area contributed by atoms with Crippen molar-refractivity contribution in [2.75, 3.05) is 0 Å². The fraction of sp³-hybridized carbons (Fsp3) is 0.625. The Kier molecular flexibility index (Phi) is 6.02. The Labute approximate surface area is 168 Å². The van der Waals surface area contributed by atoms with Crippen molar-refractivity contribution in [1.82, 2.24) is 0 Å². The van der Waals surface area contributed by atoms with Gasteiger partial charge >= 0.3 is 5.97 Å². The number of carbonyl (C=O) groups excluding carboxylic acids is 1. The van der Waals surface area contributed by atoms with Crippen LogP contribution in [0.3, 0.4) is 0 Å². The minimum absolute atomic E-state index is 0.170. The van der Waals surface area contributed by atoms with E-state index in [2.05, 4.69) is 13.8 Å². The van der Waals surface area contributed by atoms with Crippen molar-refractivity contribution in [3.8, 4) is 0 Å². The summed E-state index contributed by atoms with van der Waals surface area (Å²) < 4.78 is 6.01. The number of hydrogen-bond donors (Lipinski definition) is 2. The lowest BCUT2D eigenvalue weighted by molar-refractivity contribution is -0.228. The van der Waals surface area contributed by atoms with Gasteiger partial charge in [-0.05, 0) is 56.1 Å². The molecule has 0 amide bonds. The first kappa shape index (κ1) is 21.1. The van der Waals surface area contributed by atoms with E-state index in [1.54, 1.807) is 6.08 Å². The van der Waals surface area contributed by atoms with E-state index in [4.69, 9.17) is 4.74 Å². The predicted molar refractivity (Wildman–Crippen MR) is 110 cm³/mol. The molecule has 0 aromatic heterocycles. The van der Waals surface area contributed by atoms with Crippen molar-refractivity contribution in [2.24, 2.45) is 23.2 Å². The van der Waals surface area contributed by atoms with E-state index in [9.17, 15) is 15.0 Å². The highest BCUT2D eigenvalue weighted by Crippen LogP contribution is 2.57. The molecule has 2 aliphatic carbocycles. The Morgan fingerprint density at radius 3 is 2.50 bits per heavy atom. The second-order valence-corrected chi connectivity index (χ2v) is 9.49. The van der Waals surface area contributed by atoms with E-state index in [0.717, 1.165) is 18.4 Å². The Hall–Kier alpha value is -1.65. The lowest BCUT2D eigenvalue weighted by atomic mass is 9.50. The molecule has 0 spiro atoms. The molecule has 1 aromatic carbocycles. The van der Waals surface area contributed by atoms with Crippen molar-refractivity contribution >= 4 is 12.0 Å². The van der Waals surface area contributed by atoms with Crippen LogP contribution < -0.4 is 0 Å². The number of ether oxygens (including phenoxy) is 1. The third kappa shape index (κ3) is 4.04. The molecule has 0 aliphatic heterocycles. The third-order valence-electron chi connectivity index (χ3n) is 7.15. The molecule has 3 rings (SSSR count). The van der Waals surface area contributed by atoms with Crippen LogP contribution in [0.2, 0.25) is 0 Å². The van der Waals surface area contributed by atoms with Gasteiger partial charge in [-0.25, -0.2) is 4.79 Å². The summed E-state index contributed by atoms with van der Waals surface area (Å²) in [5, 5.41) is 22.0. The van der Waals surface area contributed by atoms with Crippen molar-refractivity contribution in [3.63, 3.8) is 0 Å². The lowest BCUT2D eigenvalue weighted by Gasteiger charge is -2.59. The molecule has 4 nitrogen and oxygen atoms in total. The Morgan fingerprint density at radius 1 is 1.18 bits per heavy atom. The number of esters is 1. The lowest BCUT2D eigenvalue weighted by Crippen LogP contribution is -2.64. The van der Waals surface area contributed by atoms with Gasteiger partial charge in [0, 0.05) is 17.4 Å². The first-order chi connectivity index (χ1) is 13.1. The zero-order valence-corrected chi connectivity index (χ0v) is 17.5. The summed E-state index contributed by atoms with van der Waals surface area (Å²) in [7, 11) is 0. The van der Waals surface area contributed by atoms with Crippen molar-refractivity contribution in [3.05, 3.63) is 42.0 Å². The summed E-state index contributed by atoms with van der Waals surface area (Å²) >= 11 is 0. The van der Waals surface area contributed by atoms with Gasteiger partial charge in [0.25, 0.3) is 0 Å². The first-order valence-corrected chi connectivity index (χ1v) is 10.5. The molecule has 2 aliphatic rings. The smallest absolute Gasteiger partial charge is 0.331 e. The average Bonchev–Trinajstić information content (AvgIpc) is 2.64. The zero-order chi connectivity index (χ0) is 20.5.